The number of ether oxygens (including phenoxy) is 1. The van der Waals surface area contributed by atoms with Gasteiger partial charge in [-0.3, -0.25) is 14.5 Å². The van der Waals surface area contributed by atoms with E-state index in [0.717, 1.165) is 5.56 Å². The van der Waals surface area contributed by atoms with E-state index in [9.17, 15) is 9.59 Å². The van der Waals surface area contributed by atoms with Crippen molar-refractivity contribution in [2.75, 3.05) is 7.11 Å². The van der Waals surface area contributed by atoms with Gasteiger partial charge in [-0.1, -0.05) is 41.0 Å². The van der Waals surface area contributed by atoms with Gasteiger partial charge in [0.15, 0.2) is 0 Å². The summed E-state index contributed by atoms with van der Waals surface area (Å²) in [6.45, 7) is 0.186. The fourth-order valence-electron chi connectivity index (χ4n) is 3.16. The van der Waals surface area contributed by atoms with Gasteiger partial charge in [0.25, 0.3) is 5.91 Å². The highest BCUT2D eigenvalue weighted by molar-refractivity contribution is 6.31. The summed E-state index contributed by atoms with van der Waals surface area (Å²) in [6.07, 6.45) is -0.897. The molecule has 0 bridgehead atoms. The van der Waals surface area contributed by atoms with Crippen LogP contribution in [0.5, 0.6) is 5.75 Å². The zero-order valence-corrected chi connectivity index (χ0v) is 14.6. The summed E-state index contributed by atoms with van der Waals surface area (Å²) in [7, 11) is 1.58. The largest absolute Gasteiger partial charge is 0.497 e. The smallest absolute Gasteiger partial charge is 0.274 e. The Morgan fingerprint density at radius 3 is 2.42 bits per heavy atom. The molecule has 0 saturated carbocycles. The first-order valence-corrected chi connectivity index (χ1v) is 8.44. The molecule has 0 aromatic heterocycles. The van der Waals surface area contributed by atoms with Gasteiger partial charge in [0.05, 0.1) is 13.7 Å². The highest BCUT2D eigenvalue weighted by atomic mass is 35.5. The number of halogens is 1. The van der Waals surface area contributed by atoms with Crippen LogP contribution in [0.3, 0.4) is 0 Å². The molecule has 0 aliphatic carbocycles. The Labute approximate surface area is 154 Å². The molecule has 1 fully saturated rings. The minimum Gasteiger partial charge on any atom is -0.497 e. The van der Waals surface area contributed by atoms with E-state index >= 15 is 0 Å². The first kappa shape index (κ1) is 16.6. The molecule has 2 atom stereocenters. The molecular weight excluding hydrogens is 356 g/mol. The number of carbonyl (C=O) groups is 2. The summed E-state index contributed by atoms with van der Waals surface area (Å²) < 4.78 is 5.12. The normalized spacial score (nSPS) is 21.5. The minimum absolute atomic E-state index is 0.186. The van der Waals surface area contributed by atoms with Crippen LogP contribution < -0.4 is 4.74 Å². The van der Waals surface area contributed by atoms with Gasteiger partial charge in [-0.15, -0.1) is 0 Å². The molecular formula is C19H15ClN2O4. The van der Waals surface area contributed by atoms with Crippen LogP contribution in [0.1, 0.15) is 11.1 Å². The van der Waals surface area contributed by atoms with E-state index in [2.05, 4.69) is 5.16 Å². The molecule has 2 unspecified atom stereocenters. The maximum Gasteiger partial charge on any atom is 0.274 e. The van der Waals surface area contributed by atoms with Crippen LogP contribution in [0.4, 0.5) is 0 Å². The number of fused-ring (bicyclic) bond motifs is 1. The zero-order chi connectivity index (χ0) is 18.3. The highest BCUT2D eigenvalue weighted by Crippen LogP contribution is 2.33. The van der Waals surface area contributed by atoms with Gasteiger partial charge in [0.1, 0.15) is 17.4 Å². The maximum atomic E-state index is 12.9. The number of carbonyl (C=O) groups excluding carboxylic acids is 2. The van der Waals surface area contributed by atoms with Crippen molar-refractivity contribution < 1.29 is 19.2 Å². The lowest BCUT2D eigenvalue weighted by atomic mass is 9.94. The van der Waals surface area contributed by atoms with Crippen LogP contribution in [-0.4, -0.2) is 35.6 Å². The van der Waals surface area contributed by atoms with Crippen LogP contribution in [-0.2, 0) is 21.0 Å². The van der Waals surface area contributed by atoms with E-state index in [-0.39, 0.29) is 18.4 Å². The van der Waals surface area contributed by atoms with Crippen molar-refractivity contribution in [3.63, 3.8) is 0 Å². The van der Waals surface area contributed by atoms with Gasteiger partial charge in [0, 0.05) is 10.6 Å². The average Bonchev–Trinajstić information content (AvgIpc) is 3.19. The number of benzene rings is 2. The topological polar surface area (TPSA) is 68.2 Å². The van der Waals surface area contributed by atoms with E-state index in [1.807, 2.05) is 12.1 Å². The van der Waals surface area contributed by atoms with Crippen molar-refractivity contribution in [3.8, 4) is 5.75 Å². The van der Waals surface area contributed by atoms with Gasteiger partial charge < -0.3 is 9.57 Å². The third-order valence-corrected chi connectivity index (χ3v) is 4.80. The summed E-state index contributed by atoms with van der Waals surface area (Å²) in [4.78, 5) is 32.0. The Bertz CT molecular complexity index is 893. The number of oxime groups is 1. The third-order valence-electron chi connectivity index (χ3n) is 4.54. The number of likely N-dealkylation sites (tertiary alicyclic amines) is 1. The van der Waals surface area contributed by atoms with Gasteiger partial charge in [-0.05, 0) is 29.8 Å². The van der Waals surface area contributed by atoms with Gasteiger partial charge in [0.2, 0.25) is 12.0 Å². The lowest BCUT2D eigenvalue weighted by molar-refractivity contribution is -0.142. The Hall–Kier alpha value is -2.86. The molecule has 4 rings (SSSR count). The molecule has 6 nitrogen and oxygen atoms in total. The molecule has 132 valence electrons. The summed E-state index contributed by atoms with van der Waals surface area (Å²) in [5.41, 5.74) is 2.01. The van der Waals surface area contributed by atoms with Gasteiger partial charge in [-0.2, -0.15) is 0 Å². The molecule has 2 amide bonds. The Morgan fingerprint density at radius 2 is 1.77 bits per heavy atom. The molecule has 2 aromatic rings. The Balaban J connectivity index is 1.57. The number of nitrogens with zero attached hydrogens (tertiary/aromatic N) is 2. The molecule has 2 aliphatic heterocycles. The average molecular weight is 371 g/mol. The number of amides is 2. The van der Waals surface area contributed by atoms with E-state index in [1.54, 1.807) is 43.5 Å². The van der Waals surface area contributed by atoms with Crippen molar-refractivity contribution in [2.24, 2.45) is 11.1 Å². The van der Waals surface area contributed by atoms with Gasteiger partial charge in [-0.25, -0.2) is 0 Å². The molecule has 26 heavy (non-hydrogen) atoms. The molecule has 7 heteroatoms. The maximum absolute atomic E-state index is 12.9. The van der Waals surface area contributed by atoms with Crippen LogP contribution in [0.25, 0.3) is 0 Å². The van der Waals surface area contributed by atoms with Crippen LogP contribution in [0.15, 0.2) is 53.7 Å². The van der Waals surface area contributed by atoms with E-state index in [0.29, 0.717) is 22.0 Å². The van der Waals surface area contributed by atoms with Gasteiger partial charge >= 0.3 is 0 Å². The predicted molar refractivity (Wildman–Crippen MR) is 94.9 cm³/mol. The summed E-state index contributed by atoms with van der Waals surface area (Å²) >= 11 is 5.91. The molecule has 0 radical (unpaired) electrons. The second-order valence-corrected chi connectivity index (χ2v) is 6.53. The Morgan fingerprint density at radius 1 is 1.08 bits per heavy atom. The fraction of sp³-hybridized carbons (Fsp3) is 0.211. The molecule has 2 heterocycles. The highest BCUT2D eigenvalue weighted by Gasteiger charge is 2.55. The number of rotatable bonds is 4. The first-order valence-electron chi connectivity index (χ1n) is 8.06. The monoisotopic (exact) mass is 370 g/mol. The van der Waals surface area contributed by atoms with Crippen molar-refractivity contribution in [3.05, 3.63) is 64.7 Å². The molecule has 2 aliphatic rings. The molecule has 1 saturated heterocycles. The van der Waals surface area contributed by atoms with Crippen LogP contribution in [0, 0.1) is 5.92 Å². The van der Waals surface area contributed by atoms with E-state index < -0.39 is 12.0 Å². The van der Waals surface area contributed by atoms with Crippen LogP contribution >= 0.6 is 11.6 Å². The first-order chi connectivity index (χ1) is 12.6. The number of hydrogen-bond acceptors (Lipinski definition) is 5. The Kier molecular flexibility index (Phi) is 4.12. The van der Waals surface area contributed by atoms with Crippen molar-refractivity contribution in [1.82, 2.24) is 4.90 Å². The second-order valence-electron chi connectivity index (χ2n) is 6.10. The summed E-state index contributed by atoms with van der Waals surface area (Å²) in [5.74, 6) is -0.683. The minimum atomic E-state index is -0.897. The second kappa shape index (κ2) is 6.46. The molecule has 0 N–H and O–H groups in total. The zero-order valence-electron chi connectivity index (χ0n) is 13.9. The van der Waals surface area contributed by atoms with E-state index in [4.69, 9.17) is 21.2 Å². The van der Waals surface area contributed by atoms with Crippen LogP contribution in [0.2, 0.25) is 5.02 Å². The van der Waals surface area contributed by atoms with Crippen molar-refractivity contribution in [2.45, 2.75) is 12.6 Å². The SMILES string of the molecule is COc1ccc(CN2C(=O)C3ON=C(c4ccc(Cl)cc4)C3C2=O)cc1. The lowest BCUT2D eigenvalue weighted by Crippen LogP contribution is -2.32. The number of hydrogen-bond donors (Lipinski definition) is 0. The lowest BCUT2D eigenvalue weighted by Gasteiger charge is -2.15. The molecule has 2 aromatic carbocycles. The predicted octanol–water partition coefficient (Wildman–Crippen LogP) is 2.64. The number of methoxy groups -OCH3 is 1. The van der Waals surface area contributed by atoms with Crippen molar-refractivity contribution >= 4 is 29.1 Å². The number of imide groups is 1. The standard InChI is InChI=1S/C19H15ClN2O4/c1-25-14-8-2-11(3-9-14)10-22-18(23)15-16(21-26-17(15)19(22)24)12-4-6-13(20)7-5-12/h2-9,15,17H,10H2,1H3. The third kappa shape index (κ3) is 2.72. The summed E-state index contributed by atoms with van der Waals surface area (Å²) in [6, 6.07) is 14.2. The fourth-order valence-corrected chi connectivity index (χ4v) is 3.29. The van der Waals surface area contributed by atoms with Crippen molar-refractivity contribution in [1.29, 1.82) is 0 Å². The molecule has 0 spiro atoms. The summed E-state index contributed by atoms with van der Waals surface area (Å²) in [5, 5.41) is 4.56. The van der Waals surface area contributed by atoms with E-state index in [1.165, 1.54) is 4.90 Å². The quantitative estimate of drug-likeness (QED) is 0.776.